The minimum absolute atomic E-state index is 0.173. The lowest BCUT2D eigenvalue weighted by Crippen LogP contribution is -2.42. The second kappa shape index (κ2) is 10.2. The molecule has 5 rings (SSSR count). The van der Waals surface area contributed by atoms with Gasteiger partial charge in [-0.15, -0.1) is 0 Å². The van der Waals surface area contributed by atoms with Crippen LogP contribution in [0.25, 0.3) is 22.0 Å². The first-order valence-corrected chi connectivity index (χ1v) is 12.7. The second-order valence-electron chi connectivity index (χ2n) is 9.99. The first kappa shape index (κ1) is 24.1. The number of carbonyl (C=O) groups excluding carboxylic acids is 1. The number of halogens is 1. The standard InChI is InChI=1S/C31H32FN3O/c1-20-5-4-6-21(2)35(20)19-23-17-27-13-16-29(22(3)30(27)33-18-23)34-31(36)26-9-7-24(8-10-26)25-11-14-28(32)15-12-25/h7-18,20-21H,4-6,19H2,1-3H3,(H,34,36)/t20-,21+. The van der Waals surface area contributed by atoms with E-state index in [1.807, 2.05) is 37.4 Å². The largest absolute Gasteiger partial charge is 0.322 e. The van der Waals surface area contributed by atoms with Gasteiger partial charge in [0.15, 0.2) is 0 Å². The van der Waals surface area contributed by atoms with Gasteiger partial charge in [-0.05, 0) is 92.3 Å². The molecule has 0 bridgehead atoms. The van der Waals surface area contributed by atoms with Crippen LogP contribution >= 0.6 is 0 Å². The third kappa shape index (κ3) is 5.02. The van der Waals surface area contributed by atoms with Crippen LogP contribution in [0.3, 0.4) is 0 Å². The molecule has 1 aromatic heterocycles. The predicted molar refractivity (Wildman–Crippen MR) is 145 cm³/mol. The van der Waals surface area contributed by atoms with E-state index in [9.17, 15) is 9.18 Å². The molecule has 0 radical (unpaired) electrons. The molecule has 1 N–H and O–H groups in total. The molecule has 2 atom stereocenters. The molecule has 4 nitrogen and oxygen atoms in total. The minimum atomic E-state index is -0.266. The Morgan fingerprint density at radius 3 is 2.28 bits per heavy atom. The number of hydrogen-bond donors (Lipinski definition) is 1. The first-order chi connectivity index (χ1) is 17.4. The zero-order valence-electron chi connectivity index (χ0n) is 21.1. The normalized spacial score (nSPS) is 18.3. The lowest BCUT2D eigenvalue weighted by Gasteiger charge is -2.39. The molecule has 0 unspecified atom stereocenters. The average molecular weight is 482 g/mol. The number of rotatable bonds is 5. The molecule has 36 heavy (non-hydrogen) atoms. The van der Waals surface area contributed by atoms with E-state index >= 15 is 0 Å². The summed E-state index contributed by atoms with van der Waals surface area (Å²) in [7, 11) is 0. The third-order valence-corrected chi connectivity index (χ3v) is 7.48. The smallest absolute Gasteiger partial charge is 0.255 e. The summed E-state index contributed by atoms with van der Waals surface area (Å²) < 4.78 is 13.2. The number of aryl methyl sites for hydroxylation is 1. The second-order valence-corrected chi connectivity index (χ2v) is 9.99. The minimum Gasteiger partial charge on any atom is -0.322 e. The Kier molecular flexibility index (Phi) is 6.84. The first-order valence-electron chi connectivity index (χ1n) is 12.7. The average Bonchev–Trinajstić information content (AvgIpc) is 2.88. The van der Waals surface area contributed by atoms with Crippen LogP contribution in [0.15, 0.2) is 72.9 Å². The van der Waals surface area contributed by atoms with E-state index < -0.39 is 0 Å². The van der Waals surface area contributed by atoms with Gasteiger partial charge in [-0.1, -0.05) is 36.8 Å². The number of fused-ring (bicyclic) bond motifs is 1. The van der Waals surface area contributed by atoms with Crippen LogP contribution in [-0.4, -0.2) is 27.9 Å². The molecular formula is C31H32FN3O. The Morgan fingerprint density at radius 1 is 0.972 bits per heavy atom. The lowest BCUT2D eigenvalue weighted by molar-refractivity contribution is 0.0952. The summed E-state index contributed by atoms with van der Waals surface area (Å²) in [6, 6.07) is 21.1. The van der Waals surface area contributed by atoms with Gasteiger partial charge in [0.25, 0.3) is 5.91 Å². The van der Waals surface area contributed by atoms with Crippen molar-refractivity contribution in [3.05, 3.63) is 95.4 Å². The van der Waals surface area contributed by atoms with Crippen molar-refractivity contribution in [1.82, 2.24) is 9.88 Å². The van der Waals surface area contributed by atoms with Gasteiger partial charge >= 0.3 is 0 Å². The molecule has 1 saturated heterocycles. The SMILES string of the molecule is Cc1c(NC(=O)c2ccc(-c3ccc(F)cc3)cc2)ccc2cc(CN3[C@H](C)CCC[C@@H]3C)cnc12. The number of nitrogens with one attached hydrogen (secondary N) is 1. The van der Waals surface area contributed by atoms with E-state index in [0.29, 0.717) is 17.6 Å². The summed E-state index contributed by atoms with van der Waals surface area (Å²) in [6.45, 7) is 7.55. The maximum absolute atomic E-state index is 13.2. The number of anilines is 1. The molecule has 4 aromatic rings. The van der Waals surface area contributed by atoms with Crippen LogP contribution in [0.4, 0.5) is 10.1 Å². The van der Waals surface area contributed by atoms with Crippen molar-refractivity contribution in [2.75, 3.05) is 5.32 Å². The van der Waals surface area contributed by atoms with Crippen molar-refractivity contribution in [3.63, 3.8) is 0 Å². The van der Waals surface area contributed by atoms with Gasteiger partial charge in [0.05, 0.1) is 5.52 Å². The maximum Gasteiger partial charge on any atom is 0.255 e. The summed E-state index contributed by atoms with van der Waals surface area (Å²) in [5.74, 6) is -0.440. The van der Waals surface area contributed by atoms with Crippen molar-refractivity contribution >= 4 is 22.5 Å². The van der Waals surface area contributed by atoms with E-state index in [2.05, 4.69) is 30.1 Å². The quantitative estimate of drug-likeness (QED) is 0.324. The summed E-state index contributed by atoms with van der Waals surface area (Å²) in [5.41, 5.74) is 6.24. The van der Waals surface area contributed by atoms with E-state index in [-0.39, 0.29) is 11.7 Å². The zero-order valence-corrected chi connectivity index (χ0v) is 21.1. The van der Waals surface area contributed by atoms with Gasteiger partial charge in [0.1, 0.15) is 5.82 Å². The van der Waals surface area contributed by atoms with Crippen molar-refractivity contribution in [2.45, 2.75) is 58.7 Å². The van der Waals surface area contributed by atoms with Gasteiger partial charge in [-0.2, -0.15) is 0 Å². The fourth-order valence-electron chi connectivity index (χ4n) is 5.26. The molecular weight excluding hydrogens is 449 g/mol. The Labute approximate surface area is 212 Å². The Balaban J connectivity index is 1.31. The number of benzene rings is 3. The maximum atomic E-state index is 13.2. The summed E-state index contributed by atoms with van der Waals surface area (Å²) in [5, 5.41) is 4.13. The molecule has 1 amide bonds. The molecule has 0 saturated carbocycles. The van der Waals surface area contributed by atoms with Crippen LogP contribution in [-0.2, 0) is 6.54 Å². The molecule has 1 aliphatic rings. The topological polar surface area (TPSA) is 45.2 Å². The number of nitrogens with zero attached hydrogens (tertiary/aromatic N) is 2. The summed E-state index contributed by atoms with van der Waals surface area (Å²) in [6.07, 6.45) is 5.79. The monoisotopic (exact) mass is 481 g/mol. The number of aromatic nitrogens is 1. The van der Waals surface area contributed by atoms with Gasteiger partial charge in [0, 0.05) is 41.5 Å². The Morgan fingerprint density at radius 2 is 1.61 bits per heavy atom. The van der Waals surface area contributed by atoms with Crippen LogP contribution in [0, 0.1) is 12.7 Å². The van der Waals surface area contributed by atoms with Gasteiger partial charge in [-0.25, -0.2) is 4.39 Å². The fourth-order valence-corrected chi connectivity index (χ4v) is 5.26. The van der Waals surface area contributed by atoms with Gasteiger partial charge < -0.3 is 5.32 Å². The summed E-state index contributed by atoms with van der Waals surface area (Å²) >= 11 is 0. The number of hydrogen-bond acceptors (Lipinski definition) is 3. The van der Waals surface area contributed by atoms with Crippen LogP contribution in [0.5, 0.6) is 0 Å². The van der Waals surface area contributed by atoms with Gasteiger partial charge in [-0.3, -0.25) is 14.7 Å². The number of amides is 1. The molecule has 0 aliphatic carbocycles. The number of likely N-dealkylation sites (tertiary alicyclic amines) is 1. The highest BCUT2D eigenvalue weighted by atomic mass is 19.1. The van der Waals surface area contributed by atoms with E-state index in [4.69, 9.17) is 4.98 Å². The number of piperidine rings is 1. The Bertz CT molecular complexity index is 1370. The fraction of sp³-hybridized carbons (Fsp3) is 0.290. The highest BCUT2D eigenvalue weighted by molar-refractivity contribution is 6.06. The molecule has 1 fully saturated rings. The van der Waals surface area contributed by atoms with Crippen molar-refractivity contribution < 1.29 is 9.18 Å². The molecule has 0 spiro atoms. The molecule has 2 heterocycles. The van der Waals surface area contributed by atoms with Crippen LogP contribution < -0.4 is 5.32 Å². The van der Waals surface area contributed by atoms with Crippen molar-refractivity contribution in [2.24, 2.45) is 0 Å². The van der Waals surface area contributed by atoms with Gasteiger partial charge in [0.2, 0.25) is 0 Å². The third-order valence-electron chi connectivity index (χ3n) is 7.48. The van der Waals surface area contributed by atoms with Crippen LogP contribution in [0.2, 0.25) is 0 Å². The van der Waals surface area contributed by atoms with Crippen LogP contribution in [0.1, 0.15) is 54.6 Å². The highest BCUT2D eigenvalue weighted by Gasteiger charge is 2.24. The molecule has 184 valence electrons. The van der Waals surface area contributed by atoms with E-state index in [1.165, 1.54) is 37.0 Å². The highest BCUT2D eigenvalue weighted by Crippen LogP contribution is 2.28. The van der Waals surface area contributed by atoms with Crippen molar-refractivity contribution in [1.29, 1.82) is 0 Å². The number of carbonyl (C=O) groups is 1. The lowest BCUT2D eigenvalue weighted by atomic mass is 9.96. The molecule has 3 aromatic carbocycles. The molecule has 5 heteroatoms. The van der Waals surface area contributed by atoms with Crippen molar-refractivity contribution in [3.8, 4) is 11.1 Å². The zero-order chi connectivity index (χ0) is 25.2. The Hall–Kier alpha value is -3.57. The predicted octanol–water partition coefficient (Wildman–Crippen LogP) is 7.36. The van der Waals surface area contributed by atoms with E-state index in [1.54, 1.807) is 24.3 Å². The molecule has 1 aliphatic heterocycles. The number of pyridine rings is 1. The summed E-state index contributed by atoms with van der Waals surface area (Å²) in [4.78, 5) is 20.3. The van der Waals surface area contributed by atoms with E-state index in [0.717, 1.165) is 39.8 Å².